The second-order valence-corrected chi connectivity index (χ2v) is 6.97. The van der Waals surface area contributed by atoms with Gasteiger partial charge in [-0.2, -0.15) is 0 Å². The van der Waals surface area contributed by atoms with Crippen molar-refractivity contribution in [2.45, 2.75) is 18.5 Å². The Kier molecular flexibility index (Phi) is 4.84. The van der Waals surface area contributed by atoms with Crippen molar-refractivity contribution in [1.82, 2.24) is 10.2 Å². The van der Waals surface area contributed by atoms with Gasteiger partial charge in [0, 0.05) is 12.0 Å². The van der Waals surface area contributed by atoms with Crippen molar-refractivity contribution in [3.05, 3.63) is 107 Å². The summed E-state index contributed by atoms with van der Waals surface area (Å²) in [6, 6.07) is 21.3. The third-order valence-electron chi connectivity index (χ3n) is 5.11. The number of nitrogens with one attached hydrogen (secondary N) is 1. The van der Waals surface area contributed by atoms with E-state index in [0.29, 0.717) is 5.56 Å². The summed E-state index contributed by atoms with van der Waals surface area (Å²) in [6.07, 6.45) is 0.241. The van der Waals surface area contributed by atoms with Crippen LogP contribution in [0.5, 0.6) is 0 Å². The molecule has 146 valence electrons. The smallest absolute Gasteiger partial charge is 0.319 e. The summed E-state index contributed by atoms with van der Waals surface area (Å²) >= 11 is 0. The second kappa shape index (κ2) is 7.47. The van der Waals surface area contributed by atoms with Gasteiger partial charge in [0.15, 0.2) is 17.2 Å². The summed E-state index contributed by atoms with van der Waals surface area (Å²) < 4.78 is 27.7. The number of urea groups is 1. The number of halogens is 2. The molecule has 4 nitrogen and oxygen atoms in total. The van der Waals surface area contributed by atoms with E-state index in [1.54, 1.807) is 24.3 Å². The zero-order chi connectivity index (χ0) is 20.4. The standard InChI is InChI=1S/C23H18F2N2O2/c24-19-13-7-10-17(20(19)25)15-27-21(28)23(26-22(27)29,18-11-5-2-6-12-18)14-16-8-3-1-4-9-16/h1-13H,14-15H2,(H,26,29)/t23-/m1/s1. The maximum atomic E-state index is 14.1. The van der Waals surface area contributed by atoms with E-state index in [9.17, 15) is 18.4 Å². The summed E-state index contributed by atoms with van der Waals surface area (Å²) in [7, 11) is 0. The normalized spacial score (nSPS) is 18.8. The molecule has 1 N–H and O–H groups in total. The van der Waals surface area contributed by atoms with Gasteiger partial charge in [-0.05, 0) is 17.2 Å². The SMILES string of the molecule is O=C1N[C@](Cc2ccccc2)(c2ccccc2)C(=O)N1Cc1cccc(F)c1F. The second-order valence-electron chi connectivity index (χ2n) is 6.97. The molecule has 1 aliphatic rings. The van der Waals surface area contributed by atoms with Crippen molar-refractivity contribution in [1.29, 1.82) is 0 Å². The molecule has 1 heterocycles. The highest BCUT2D eigenvalue weighted by atomic mass is 19.2. The zero-order valence-corrected chi connectivity index (χ0v) is 15.4. The van der Waals surface area contributed by atoms with E-state index in [4.69, 9.17) is 0 Å². The maximum absolute atomic E-state index is 14.1. The molecule has 3 amide bonds. The molecular weight excluding hydrogens is 374 g/mol. The number of rotatable bonds is 5. The number of hydrogen-bond donors (Lipinski definition) is 1. The molecule has 0 unspecified atom stereocenters. The topological polar surface area (TPSA) is 49.4 Å². The molecule has 1 fully saturated rings. The molecule has 3 aromatic carbocycles. The highest BCUT2D eigenvalue weighted by molar-refractivity contribution is 6.07. The number of amides is 3. The van der Waals surface area contributed by atoms with Crippen LogP contribution < -0.4 is 5.32 Å². The Hall–Kier alpha value is -3.54. The summed E-state index contributed by atoms with van der Waals surface area (Å²) in [6.45, 7) is -0.350. The van der Waals surface area contributed by atoms with Crippen LogP contribution in [0.4, 0.5) is 13.6 Å². The molecule has 4 rings (SSSR count). The first kappa shape index (κ1) is 18.8. The van der Waals surface area contributed by atoms with Gasteiger partial charge in [0.2, 0.25) is 0 Å². The Balaban J connectivity index is 1.74. The molecule has 6 heteroatoms. The van der Waals surface area contributed by atoms with Crippen molar-refractivity contribution < 1.29 is 18.4 Å². The molecule has 3 aromatic rings. The predicted octanol–water partition coefficient (Wildman–Crippen LogP) is 4.15. The molecule has 1 aliphatic heterocycles. The summed E-state index contributed by atoms with van der Waals surface area (Å²) in [5.74, 6) is -2.58. The fourth-order valence-electron chi connectivity index (χ4n) is 3.65. The minimum atomic E-state index is -1.32. The van der Waals surface area contributed by atoms with E-state index in [0.717, 1.165) is 16.5 Å². The zero-order valence-electron chi connectivity index (χ0n) is 15.4. The van der Waals surface area contributed by atoms with Gasteiger partial charge < -0.3 is 5.32 Å². The Morgan fingerprint density at radius 3 is 2.17 bits per heavy atom. The molecule has 0 bridgehead atoms. The fourth-order valence-corrected chi connectivity index (χ4v) is 3.65. The lowest BCUT2D eigenvalue weighted by Gasteiger charge is -2.27. The van der Waals surface area contributed by atoms with Crippen LogP contribution in [0.25, 0.3) is 0 Å². The van der Waals surface area contributed by atoms with E-state index < -0.39 is 29.1 Å². The first-order valence-electron chi connectivity index (χ1n) is 9.18. The quantitative estimate of drug-likeness (QED) is 0.663. The third-order valence-corrected chi connectivity index (χ3v) is 5.11. The van der Waals surface area contributed by atoms with Crippen LogP contribution in [0.15, 0.2) is 78.9 Å². The number of carbonyl (C=O) groups excluding carboxylic acids is 2. The molecule has 0 aliphatic carbocycles. The molecule has 0 radical (unpaired) electrons. The number of carbonyl (C=O) groups is 2. The first-order valence-corrected chi connectivity index (χ1v) is 9.18. The Morgan fingerprint density at radius 1 is 0.828 bits per heavy atom. The van der Waals surface area contributed by atoms with E-state index in [-0.39, 0.29) is 18.5 Å². The van der Waals surface area contributed by atoms with Gasteiger partial charge in [0.05, 0.1) is 6.54 Å². The lowest BCUT2D eigenvalue weighted by molar-refractivity contribution is -0.132. The fraction of sp³-hybridized carbons (Fsp3) is 0.130. The van der Waals surface area contributed by atoms with Gasteiger partial charge in [0.25, 0.3) is 5.91 Å². The summed E-state index contributed by atoms with van der Waals surface area (Å²) in [5, 5.41) is 2.81. The van der Waals surface area contributed by atoms with Crippen molar-refractivity contribution in [3.8, 4) is 0 Å². The molecule has 1 saturated heterocycles. The molecule has 0 spiro atoms. The van der Waals surface area contributed by atoms with Crippen LogP contribution in [0, 0.1) is 11.6 Å². The summed E-state index contributed by atoms with van der Waals surface area (Å²) in [4.78, 5) is 27.2. The monoisotopic (exact) mass is 392 g/mol. The number of hydrogen-bond acceptors (Lipinski definition) is 2. The van der Waals surface area contributed by atoms with Gasteiger partial charge in [-0.1, -0.05) is 72.8 Å². The van der Waals surface area contributed by atoms with E-state index >= 15 is 0 Å². The Morgan fingerprint density at radius 2 is 1.48 bits per heavy atom. The van der Waals surface area contributed by atoms with Crippen LogP contribution >= 0.6 is 0 Å². The van der Waals surface area contributed by atoms with Gasteiger partial charge in [0.1, 0.15) is 0 Å². The van der Waals surface area contributed by atoms with Crippen LogP contribution in [0.2, 0.25) is 0 Å². The van der Waals surface area contributed by atoms with Crippen LogP contribution in [-0.2, 0) is 23.3 Å². The Bertz CT molecular complexity index is 1060. The average Bonchev–Trinajstić information content (AvgIpc) is 2.97. The van der Waals surface area contributed by atoms with E-state index in [2.05, 4.69) is 5.32 Å². The van der Waals surface area contributed by atoms with Crippen LogP contribution in [-0.4, -0.2) is 16.8 Å². The molecular formula is C23H18F2N2O2. The van der Waals surface area contributed by atoms with Crippen molar-refractivity contribution in [3.63, 3.8) is 0 Å². The van der Waals surface area contributed by atoms with Crippen LogP contribution in [0.3, 0.4) is 0 Å². The minimum absolute atomic E-state index is 0.0583. The lowest BCUT2D eigenvalue weighted by atomic mass is 9.83. The van der Waals surface area contributed by atoms with Crippen molar-refractivity contribution in [2.75, 3.05) is 0 Å². The van der Waals surface area contributed by atoms with Crippen LogP contribution in [0.1, 0.15) is 16.7 Å². The van der Waals surface area contributed by atoms with Gasteiger partial charge in [-0.25, -0.2) is 13.6 Å². The largest absolute Gasteiger partial charge is 0.325 e. The highest BCUT2D eigenvalue weighted by Gasteiger charge is 2.52. The van der Waals surface area contributed by atoms with Gasteiger partial charge in [-0.3, -0.25) is 9.69 Å². The van der Waals surface area contributed by atoms with Crippen molar-refractivity contribution in [2.24, 2.45) is 0 Å². The van der Waals surface area contributed by atoms with E-state index in [1.165, 1.54) is 12.1 Å². The number of imide groups is 1. The van der Waals surface area contributed by atoms with Gasteiger partial charge >= 0.3 is 6.03 Å². The predicted molar refractivity (Wildman–Crippen MR) is 104 cm³/mol. The minimum Gasteiger partial charge on any atom is -0.319 e. The molecule has 29 heavy (non-hydrogen) atoms. The van der Waals surface area contributed by atoms with Gasteiger partial charge in [-0.15, -0.1) is 0 Å². The molecule has 1 atom stereocenters. The van der Waals surface area contributed by atoms with Crippen molar-refractivity contribution >= 4 is 11.9 Å². The Labute approximate surface area is 166 Å². The number of benzene rings is 3. The maximum Gasteiger partial charge on any atom is 0.325 e. The molecule has 0 saturated carbocycles. The van der Waals surface area contributed by atoms with E-state index in [1.807, 2.05) is 36.4 Å². The lowest BCUT2D eigenvalue weighted by Crippen LogP contribution is -2.46. The third kappa shape index (κ3) is 3.38. The average molecular weight is 392 g/mol. The highest BCUT2D eigenvalue weighted by Crippen LogP contribution is 2.34. The molecule has 0 aromatic heterocycles. The first-order chi connectivity index (χ1) is 14.0. The number of nitrogens with zero attached hydrogens (tertiary/aromatic N) is 1. The summed E-state index contributed by atoms with van der Waals surface area (Å²) in [5.41, 5.74) is 0.119.